The van der Waals surface area contributed by atoms with Crippen LogP contribution in [0.1, 0.15) is 15.9 Å². The van der Waals surface area contributed by atoms with Gasteiger partial charge in [0.25, 0.3) is 5.91 Å². The van der Waals surface area contributed by atoms with Crippen molar-refractivity contribution in [3.63, 3.8) is 0 Å². The fourth-order valence-electron chi connectivity index (χ4n) is 3.15. The molecule has 2 aromatic heterocycles. The second-order valence-corrected chi connectivity index (χ2v) is 6.75. The molecule has 2 heterocycles. The van der Waals surface area contributed by atoms with Gasteiger partial charge in [0.15, 0.2) is 5.65 Å². The molecular formula is C22H21FN6O. The van der Waals surface area contributed by atoms with Gasteiger partial charge < -0.3 is 10.6 Å². The third-order valence-electron chi connectivity index (χ3n) is 4.70. The molecule has 4 rings (SSSR count). The smallest absolute Gasteiger partial charge is 0.251 e. The van der Waals surface area contributed by atoms with E-state index in [-0.39, 0.29) is 11.7 Å². The first-order valence-corrected chi connectivity index (χ1v) is 9.69. The summed E-state index contributed by atoms with van der Waals surface area (Å²) in [5, 5.41) is 11.4. The van der Waals surface area contributed by atoms with Crippen LogP contribution in [0, 0.1) is 5.82 Å². The zero-order chi connectivity index (χ0) is 20.8. The molecule has 0 aliphatic carbocycles. The van der Waals surface area contributed by atoms with Crippen molar-refractivity contribution in [3.05, 3.63) is 84.1 Å². The lowest BCUT2D eigenvalue weighted by Gasteiger charge is -2.08. The van der Waals surface area contributed by atoms with Crippen molar-refractivity contribution in [2.24, 2.45) is 0 Å². The lowest BCUT2D eigenvalue weighted by molar-refractivity contribution is 0.0952. The van der Waals surface area contributed by atoms with Gasteiger partial charge in [0.2, 0.25) is 0 Å². The van der Waals surface area contributed by atoms with Crippen molar-refractivity contribution in [2.75, 3.05) is 18.4 Å². The van der Waals surface area contributed by atoms with E-state index in [4.69, 9.17) is 0 Å². The minimum atomic E-state index is -0.373. The van der Waals surface area contributed by atoms with Gasteiger partial charge in [-0.25, -0.2) is 19.0 Å². The van der Waals surface area contributed by atoms with Crippen LogP contribution in [0.5, 0.6) is 0 Å². The maximum absolute atomic E-state index is 13.0. The largest absolute Gasteiger partial charge is 0.369 e. The van der Waals surface area contributed by atoms with E-state index in [0.717, 1.165) is 24.2 Å². The van der Waals surface area contributed by atoms with Crippen molar-refractivity contribution >= 4 is 22.8 Å². The summed E-state index contributed by atoms with van der Waals surface area (Å²) in [5.41, 5.74) is 2.36. The Bertz CT molecular complexity index is 1130. The number of carbonyl (C=O) groups is 1. The Hall–Kier alpha value is -3.81. The van der Waals surface area contributed by atoms with Gasteiger partial charge in [0.05, 0.1) is 18.1 Å². The van der Waals surface area contributed by atoms with Crippen molar-refractivity contribution in [1.82, 2.24) is 25.1 Å². The zero-order valence-electron chi connectivity index (χ0n) is 16.3. The summed E-state index contributed by atoms with van der Waals surface area (Å²) in [5.74, 6) is 0.101. The minimum Gasteiger partial charge on any atom is -0.369 e. The van der Waals surface area contributed by atoms with E-state index in [1.54, 1.807) is 10.9 Å². The molecule has 0 aliphatic rings. The predicted molar refractivity (Wildman–Crippen MR) is 113 cm³/mol. The average molecular weight is 404 g/mol. The number of anilines is 1. The highest BCUT2D eigenvalue weighted by Gasteiger charge is 2.10. The van der Waals surface area contributed by atoms with E-state index in [2.05, 4.69) is 37.8 Å². The van der Waals surface area contributed by atoms with Crippen LogP contribution in [0.2, 0.25) is 0 Å². The topological polar surface area (TPSA) is 84.7 Å². The van der Waals surface area contributed by atoms with Gasteiger partial charge >= 0.3 is 0 Å². The standard InChI is InChI=1S/C22H21FN6O/c23-18-8-6-17(7-9-18)22(30)25-12-13-29-21-19(14-28-29)20(26-15-27-21)24-11-10-16-4-2-1-3-5-16/h1-9,14-15H,10-13H2,(H,25,30)(H,24,26,27). The summed E-state index contributed by atoms with van der Waals surface area (Å²) in [7, 11) is 0. The highest BCUT2D eigenvalue weighted by atomic mass is 19.1. The van der Waals surface area contributed by atoms with Crippen molar-refractivity contribution in [3.8, 4) is 0 Å². The maximum atomic E-state index is 13.0. The Morgan fingerprint density at radius 3 is 2.60 bits per heavy atom. The number of carbonyl (C=O) groups excluding carboxylic acids is 1. The Kier molecular flexibility index (Phi) is 5.93. The number of aromatic nitrogens is 4. The van der Waals surface area contributed by atoms with Crippen molar-refractivity contribution in [2.45, 2.75) is 13.0 Å². The summed E-state index contributed by atoms with van der Waals surface area (Å²) in [6, 6.07) is 15.7. The van der Waals surface area contributed by atoms with Crippen LogP contribution in [0.25, 0.3) is 11.0 Å². The summed E-state index contributed by atoms with van der Waals surface area (Å²) in [6.45, 7) is 1.57. The molecule has 30 heavy (non-hydrogen) atoms. The summed E-state index contributed by atoms with van der Waals surface area (Å²) >= 11 is 0. The van der Waals surface area contributed by atoms with Crippen molar-refractivity contribution in [1.29, 1.82) is 0 Å². The molecule has 0 bridgehead atoms. The molecule has 0 saturated carbocycles. The Balaban J connectivity index is 1.35. The third kappa shape index (κ3) is 4.60. The summed E-state index contributed by atoms with van der Waals surface area (Å²) < 4.78 is 14.7. The Labute approximate surface area is 173 Å². The quantitative estimate of drug-likeness (QED) is 0.472. The number of amides is 1. The molecular weight excluding hydrogens is 383 g/mol. The third-order valence-corrected chi connectivity index (χ3v) is 4.70. The molecule has 0 atom stereocenters. The Morgan fingerprint density at radius 2 is 1.80 bits per heavy atom. The second kappa shape index (κ2) is 9.13. The molecule has 0 spiro atoms. The maximum Gasteiger partial charge on any atom is 0.251 e. The van der Waals surface area contributed by atoms with E-state index in [1.165, 1.54) is 36.2 Å². The normalized spacial score (nSPS) is 10.8. The Morgan fingerprint density at radius 1 is 1.00 bits per heavy atom. The molecule has 4 aromatic rings. The number of nitrogens with zero attached hydrogens (tertiary/aromatic N) is 4. The molecule has 152 valence electrons. The van der Waals surface area contributed by atoms with E-state index in [9.17, 15) is 9.18 Å². The highest BCUT2D eigenvalue weighted by Crippen LogP contribution is 2.18. The van der Waals surface area contributed by atoms with Crippen LogP contribution < -0.4 is 10.6 Å². The van der Waals surface area contributed by atoms with Gasteiger partial charge in [-0.3, -0.25) is 4.79 Å². The minimum absolute atomic E-state index is 0.260. The van der Waals surface area contributed by atoms with Crippen LogP contribution in [-0.4, -0.2) is 38.7 Å². The van der Waals surface area contributed by atoms with Gasteiger partial charge in [-0.15, -0.1) is 0 Å². The fourth-order valence-corrected chi connectivity index (χ4v) is 3.15. The number of hydrogen-bond acceptors (Lipinski definition) is 5. The van der Waals surface area contributed by atoms with Crippen LogP contribution in [0.4, 0.5) is 10.2 Å². The lowest BCUT2D eigenvalue weighted by Crippen LogP contribution is -2.27. The number of fused-ring (bicyclic) bond motifs is 1. The first-order valence-electron chi connectivity index (χ1n) is 9.69. The van der Waals surface area contributed by atoms with E-state index in [1.807, 2.05) is 18.2 Å². The second-order valence-electron chi connectivity index (χ2n) is 6.75. The number of rotatable bonds is 8. The lowest BCUT2D eigenvalue weighted by atomic mass is 10.1. The number of hydrogen-bond donors (Lipinski definition) is 2. The molecule has 0 fully saturated rings. The van der Waals surface area contributed by atoms with Crippen LogP contribution in [-0.2, 0) is 13.0 Å². The van der Waals surface area contributed by atoms with Crippen LogP contribution in [0.3, 0.4) is 0 Å². The first kappa shape index (κ1) is 19.5. The van der Waals surface area contributed by atoms with E-state index < -0.39 is 0 Å². The van der Waals surface area contributed by atoms with Gasteiger partial charge in [-0.05, 0) is 36.2 Å². The molecule has 7 nitrogen and oxygen atoms in total. The highest BCUT2D eigenvalue weighted by molar-refractivity contribution is 5.94. The van der Waals surface area contributed by atoms with Gasteiger partial charge in [0.1, 0.15) is 18.0 Å². The van der Waals surface area contributed by atoms with E-state index >= 15 is 0 Å². The van der Waals surface area contributed by atoms with E-state index in [0.29, 0.717) is 24.3 Å². The number of benzene rings is 2. The number of nitrogens with one attached hydrogen (secondary N) is 2. The molecule has 0 saturated heterocycles. The summed E-state index contributed by atoms with van der Waals surface area (Å²) in [4.78, 5) is 20.8. The van der Waals surface area contributed by atoms with Crippen molar-refractivity contribution < 1.29 is 9.18 Å². The zero-order valence-corrected chi connectivity index (χ0v) is 16.3. The average Bonchev–Trinajstić information content (AvgIpc) is 3.19. The summed E-state index contributed by atoms with van der Waals surface area (Å²) in [6.07, 6.45) is 4.11. The first-order chi connectivity index (χ1) is 14.7. The molecule has 2 aromatic carbocycles. The molecule has 0 radical (unpaired) electrons. The molecule has 1 amide bonds. The fraction of sp³-hybridized carbons (Fsp3) is 0.182. The molecule has 8 heteroatoms. The van der Waals surface area contributed by atoms with Gasteiger partial charge in [0, 0.05) is 18.7 Å². The SMILES string of the molecule is O=C(NCCn1ncc2c(NCCc3ccccc3)ncnc21)c1ccc(F)cc1. The van der Waals surface area contributed by atoms with Crippen LogP contribution in [0.15, 0.2) is 67.1 Å². The molecule has 0 unspecified atom stereocenters. The van der Waals surface area contributed by atoms with Crippen LogP contribution >= 0.6 is 0 Å². The predicted octanol–water partition coefficient (Wildman–Crippen LogP) is 3.05. The number of halogens is 1. The molecule has 0 aliphatic heterocycles. The van der Waals surface area contributed by atoms with Gasteiger partial charge in [-0.1, -0.05) is 30.3 Å². The molecule has 2 N–H and O–H groups in total. The van der Waals surface area contributed by atoms with Gasteiger partial charge in [-0.2, -0.15) is 5.10 Å². The monoisotopic (exact) mass is 404 g/mol.